The first kappa shape index (κ1) is 10.1. The fourth-order valence-electron chi connectivity index (χ4n) is 1.36. The molecule has 16 heavy (non-hydrogen) atoms. The van der Waals surface area contributed by atoms with Crippen molar-refractivity contribution in [2.45, 2.75) is 11.7 Å². The molecule has 2 unspecified atom stereocenters. The van der Waals surface area contributed by atoms with Crippen LogP contribution in [-0.2, 0) is 29.7 Å². The summed E-state index contributed by atoms with van der Waals surface area (Å²) in [5.74, 6) is 1.41. The van der Waals surface area contributed by atoms with Crippen molar-refractivity contribution in [1.29, 1.82) is 0 Å². The maximum atomic E-state index is 11.1. The van der Waals surface area contributed by atoms with Gasteiger partial charge in [0.1, 0.15) is 12.5 Å². The van der Waals surface area contributed by atoms with Crippen molar-refractivity contribution in [3.8, 4) is 0 Å². The maximum Gasteiger partial charge on any atom is 0.299 e. The van der Waals surface area contributed by atoms with E-state index < -0.39 is 17.1 Å². The molecule has 0 bridgehead atoms. The molecule has 0 amide bonds. The van der Waals surface area contributed by atoms with Gasteiger partial charge in [0.25, 0.3) is 6.29 Å². The van der Waals surface area contributed by atoms with Gasteiger partial charge < -0.3 is 18.9 Å². The molecule has 3 heterocycles. The second-order valence-electron chi connectivity index (χ2n) is 3.15. The third-order valence-corrected chi connectivity index (χ3v) is 3.85. The van der Waals surface area contributed by atoms with Crippen LogP contribution >= 0.6 is 11.8 Å². The van der Waals surface area contributed by atoms with Crippen molar-refractivity contribution < 1.29 is 23.2 Å². The zero-order chi connectivity index (χ0) is 11.0. The molecular formula is C9H8O5S2. The minimum absolute atomic E-state index is 0.211. The van der Waals surface area contributed by atoms with E-state index in [9.17, 15) is 4.21 Å². The van der Waals surface area contributed by atoms with Gasteiger partial charge >= 0.3 is 0 Å². The van der Waals surface area contributed by atoms with E-state index in [4.69, 9.17) is 18.9 Å². The van der Waals surface area contributed by atoms with Gasteiger partial charge in [-0.15, -0.1) is 0 Å². The first-order valence-corrected chi connectivity index (χ1v) is 6.85. The van der Waals surface area contributed by atoms with Crippen LogP contribution in [0.25, 0.3) is 0 Å². The Bertz CT molecular complexity index is 406. The van der Waals surface area contributed by atoms with Crippen LogP contribution < -0.4 is 0 Å². The van der Waals surface area contributed by atoms with Gasteiger partial charge in [0, 0.05) is 10.8 Å². The van der Waals surface area contributed by atoms with Gasteiger partial charge in [0.05, 0.1) is 10.8 Å². The van der Waals surface area contributed by atoms with Gasteiger partial charge in [-0.1, -0.05) is 11.8 Å². The molecule has 0 radical (unpaired) electrons. The van der Waals surface area contributed by atoms with E-state index >= 15 is 0 Å². The molecule has 5 nitrogen and oxygen atoms in total. The van der Waals surface area contributed by atoms with Crippen molar-refractivity contribution in [3.05, 3.63) is 34.9 Å². The van der Waals surface area contributed by atoms with Gasteiger partial charge in [-0.25, -0.2) is 0 Å². The first-order chi connectivity index (χ1) is 7.83. The molecule has 0 aromatic heterocycles. The monoisotopic (exact) mass is 260 g/mol. The Kier molecular flexibility index (Phi) is 2.56. The average Bonchev–Trinajstić information content (AvgIpc) is 2.97. The normalized spacial score (nSPS) is 32.5. The zero-order valence-corrected chi connectivity index (χ0v) is 9.66. The van der Waals surface area contributed by atoms with E-state index in [1.807, 2.05) is 5.41 Å². The second-order valence-corrected chi connectivity index (χ2v) is 5.31. The third kappa shape index (κ3) is 1.80. The molecule has 0 saturated heterocycles. The Balaban J connectivity index is 1.63. The number of hydrogen-bond acceptors (Lipinski definition) is 6. The van der Waals surface area contributed by atoms with Crippen LogP contribution in [0.1, 0.15) is 0 Å². The smallest absolute Gasteiger partial charge is 0.299 e. The fraction of sp³-hybridized carbons (Fsp3) is 0.333. The zero-order valence-electron chi connectivity index (χ0n) is 8.03. The third-order valence-electron chi connectivity index (χ3n) is 2.06. The van der Waals surface area contributed by atoms with Crippen LogP contribution in [0.3, 0.4) is 0 Å². The summed E-state index contributed by atoms with van der Waals surface area (Å²) in [7, 11) is -1.04. The van der Waals surface area contributed by atoms with Crippen LogP contribution in [0, 0.1) is 0 Å². The number of ether oxygens (including phenoxy) is 4. The van der Waals surface area contributed by atoms with Gasteiger partial charge in [0.15, 0.2) is 17.5 Å². The number of thioether (sulfide) groups is 1. The molecular weight excluding hydrogens is 252 g/mol. The fourth-order valence-corrected chi connectivity index (χ4v) is 3.08. The average molecular weight is 260 g/mol. The van der Waals surface area contributed by atoms with Gasteiger partial charge in [-0.05, 0) is 0 Å². The Morgan fingerprint density at radius 2 is 2.12 bits per heavy atom. The highest BCUT2D eigenvalue weighted by atomic mass is 32.2. The molecule has 2 atom stereocenters. The molecule has 0 spiro atoms. The summed E-state index contributed by atoms with van der Waals surface area (Å²) in [5.41, 5.74) is -0.283. The highest BCUT2D eigenvalue weighted by Crippen LogP contribution is 2.37. The predicted octanol–water partition coefficient (Wildman–Crippen LogP) is 1.34. The molecule has 3 rings (SSSR count). The topological polar surface area (TPSA) is 54.0 Å². The summed E-state index contributed by atoms with van der Waals surface area (Å²) in [6, 6.07) is 0. The van der Waals surface area contributed by atoms with E-state index in [2.05, 4.69) is 0 Å². The van der Waals surface area contributed by atoms with Gasteiger partial charge in [-0.3, -0.25) is 4.21 Å². The van der Waals surface area contributed by atoms with Crippen molar-refractivity contribution in [1.82, 2.24) is 0 Å². The Labute approximate surface area is 98.5 Å². The minimum atomic E-state index is -1.04. The van der Waals surface area contributed by atoms with Crippen molar-refractivity contribution in [2.75, 3.05) is 5.94 Å². The lowest BCUT2D eigenvalue weighted by molar-refractivity contribution is -0.0377. The summed E-state index contributed by atoms with van der Waals surface area (Å²) in [5, 5.41) is 3.39. The minimum Gasteiger partial charge on any atom is -0.479 e. The van der Waals surface area contributed by atoms with E-state index in [-0.39, 0.29) is 11.4 Å². The lowest BCUT2D eigenvalue weighted by Gasteiger charge is -2.15. The summed E-state index contributed by atoms with van der Waals surface area (Å²) in [6.45, 7) is 0. The highest BCUT2D eigenvalue weighted by Gasteiger charge is 2.33. The second kappa shape index (κ2) is 4.06. The summed E-state index contributed by atoms with van der Waals surface area (Å²) >= 11 is 1.44. The SMILES string of the molecule is O=S1C=C(C2OC(C3OC=CO3)=CS2)OC1. The lowest BCUT2D eigenvalue weighted by atomic mass is 10.5. The predicted molar refractivity (Wildman–Crippen MR) is 57.8 cm³/mol. The largest absolute Gasteiger partial charge is 0.479 e. The maximum absolute atomic E-state index is 11.1. The van der Waals surface area contributed by atoms with Crippen LogP contribution in [0.15, 0.2) is 34.9 Å². The Morgan fingerprint density at radius 1 is 1.31 bits per heavy atom. The van der Waals surface area contributed by atoms with Gasteiger partial charge in [-0.2, -0.15) is 0 Å². The van der Waals surface area contributed by atoms with E-state index in [1.165, 1.54) is 24.3 Å². The molecule has 0 aromatic carbocycles. The molecule has 0 saturated carbocycles. The van der Waals surface area contributed by atoms with Crippen molar-refractivity contribution in [3.63, 3.8) is 0 Å². The summed E-state index contributed by atoms with van der Waals surface area (Å²) < 4.78 is 32.2. The van der Waals surface area contributed by atoms with Crippen LogP contribution in [0.5, 0.6) is 0 Å². The highest BCUT2D eigenvalue weighted by molar-refractivity contribution is 8.03. The van der Waals surface area contributed by atoms with Crippen LogP contribution in [0.4, 0.5) is 0 Å². The van der Waals surface area contributed by atoms with Crippen LogP contribution in [0.2, 0.25) is 0 Å². The molecule has 7 heteroatoms. The standard InChI is InChI=1S/C9H8O5S2/c10-16-4-7(13-5-16)9-14-6(3-15-9)8-11-1-2-12-8/h1-4,8-9H,5H2. The molecule has 3 aliphatic heterocycles. The lowest BCUT2D eigenvalue weighted by Crippen LogP contribution is -2.15. The molecule has 0 fully saturated rings. The number of rotatable bonds is 2. The Hall–Kier alpha value is -1.08. The van der Waals surface area contributed by atoms with Gasteiger partial charge in [0.2, 0.25) is 5.44 Å². The molecule has 0 N–H and O–H groups in total. The Morgan fingerprint density at radius 3 is 2.81 bits per heavy atom. The van der Waals surface area contributed by atoms with E-state index in [1.54, 1.807) is 5.41 Å². The van der Waals surface area contributed by atoms with Crippen molar-refractivity contribution >= 4 is 22.6 Å². The molecule has 0 aromatic rings. The number of hydrogen-bond donors (Lipinski definition) is 0. The van der Waals surface area contributed by atoms with Crippen LogP contribution in [-0.4, -0.2) is 21.9 Å². The molecule has 0 aliphatic carbocycles. The van der Waals surface area contributed by atoms with E-state index in [0.717, 1.165) is 0 Å². The van der Waals surface area contributed by atoms with Crippen molar-refractivity contribution in [2.24, 2.45) is 0 Å². The summed E-state index contributed by atoms with van der Waals surface area (Å²) in [6.07, 6.45) is 2.42. The molecule has 86 valence electrons. The molecule has 3 aliphatic rings. The first-order valence-electron chi connectivity index (χ1n) is 4.53. The quantitative estimate of drug-likeness (QED) is 0.747. The summed E-state index contributed by atoms with van der Waals surface area (Å²) in [4.78, 5) is 0. The van der Waals surface area contributed by atoms with E-state index in [0.29, 0.717) is 11.5 Å².